The number of benzene rings is 2. The van der Waals surface area contributed by atoms with E-state index >= 15 is 0 Å². The van der Waals surface area contributed by atoms with E-state index in [1.807, 2.05) is 11.8 Å². The molecule has 1 fully saturated rings. The van der Waals surface area contributed by atoms with Crippen molar-refractivity contribution in [1.29, 1.82) is 0 Å². The van der Waals surface area contributed by atoms with Crippen molar-refractivity contribution in [2.45, 2.75) is 25.2 Å². The summed E-state index contributed by atoms with van der Waals surface area (Å²) in [6.07, 6.45) is 0.737. The number of aryl methyl sites for hydroxylation is 1. The lowest BCUT2D eigenvalue weighted by atomic mass is 10.1. The number of nitrogens with zero attached hydrogens (tertiary/aromatic N) is 2. The Kier molecular flexibility index (Phi) is 8.51. The SMILES string of the molecule is CCNC(=O)CN1CCCN(C(=O)c2cc(S(=O)(=O)Nc3ccc(OC)cc3)ccc2C)CC1. The van der Waals surface area contributed by atoms with Crippen LogP contribution in [0.3, 0.4) is 0 Å². The highest BCUT2D eigenvalue weighted by molar-refractivity contribution is 7.92. The topological polar surface area (TPSA) is 108 Å². The third-order valence-corrected chi connectivity index (χ3v) is 7.09. The van der Waals surface area contributed by atoms with E-state index in [0.29, 0.717) is 55.3 Å². The van der Waals surface area contributed by atoms with E-state index in [1.54, 1.807) is 42.2 Å². The highest BCUT2D eigenvalue weighted by atomic mass is 32.2. The zero-order valence-corrected chi connectivity index (χ0v) is 20.7. The lowest BCUT2D eigenvalue weighted by Gasteiger charge is -2.23. The summed E-state index contributed by atoms with van der Waals surface area (Å²) < 4.78 is 33.6. The molecule has 0 atom stereocenters. The van der Waals surface area contributed by atoms with Gasteiger partial charge in [0.1, 0.15) is 5.75 Å². The number of carbonyl (C=O) groups is 2. The van der Waals surface area contributed by atoms with Crippen molar-refractivity contribution in [3.05, 3.63) is 53.6 Å². The Labute approximate surface area is 201 Å². The minimum absolute atomic E-state index is 0.0185. The molecule has 34 heavy (non-hydrogen) atoms. The molecule has 3 rings (SSSR count). The number of anilines is 1. The van der Waals surface area contributed by atoms with E-state index in [2.05, 4.69) is 10.0 Å². The molecule has 2 amide bonds. The summed E-state index contributed by atoms with van der Waals surface area (Å²) in [6, 6.07) is 11.1. The van der Waals surface area contributed by atoms with Gasteiger partial charge in [0.2, 0.25) is 5.91 Å². The van der Waals surface area contributed by atoms with Crippen molar-refractivity contribution in [3.8, 4) is 5.75 Å². The first-order valence-corrected chi connectivity index (χ1v) is 12.8. The van der Waals surface area contributed by atoms with Crippen LogP contribution in [0.2, 0.25) is 0 Å². The zero-order chi connectivity index (χ0) is 24.7. The van der Waals surface area contributed by atoms with Crippen molar-refractivity contribution in [3.63, 3.8) is 0 Å². The van der Waals surface area contributed by atoms with Crippen LogP contribution in [0.5, 0.6) is 5.75 Å². The summed E-state index contributed by atoms with van der Waals surface area (Å²) >= 11 is 0. The average molecular weight is 489 g/mol. The molecule has 0 aromatic heterocycles. The number of sulfonamides is 1. The number of hydrogen-bond acceptors (Lipinski definition) is 6. The molecular weight excluding hydrogens is 456 g/mol. The molecule has 0 spiro atoms. The molecule has 2 aromatic carbocycles. The standard InChI is InChI=1S/C24H32N4O5S/c1-4-25-23(29)17-27-12-5-13-28(15-14-27)24(30)22-16-21(11-6-18(22)2)34(31,32)26-19-7-9-20(33-3)10-8-19/h6-11,16,26H,4-5,12-15,17H2,1-3H3,(H,25,29). The van der Waals surface area contributed by atoms with Gasteiger partial charge >= 0.3 is 0 Å². The number of ether oxygens (including phenoxy) is 1. The Bertz CT molecular complexity index is 1120. The van der Waals surface area contributed by atoms with Crippen LogP contribution in [0.1, 0.15) is 29.3 Å². The van der Waals surface area contributed by atoms with Crippen molar-refractivity contribution >= 4 is 27.5 Å². The van der Waals surface area contributed by atoms with Crippen LogP contribution in [0, 0.1) is 6.92 Å². The highest BCUT2D eigenvalue weighted by Gasteiger charge is 2.24. The lowest BCUT2D eigenvalue weighted by Crippen LogP contribution is -2.40. The van der Waals surface area contributed by atoms with Crippen molar-refractivity contribution in [2.24, 2.45) is 0 Å². The average Bonchev–Trinajstić information content (AvgIpc) is 3.04. The van der Waals surface area contributed by atoms with Crippen molar-refractivity contribution in [2.75, 3.05) is 51.1 Å². The zero-order valence-electron chi connectivity index (χ0n) is 19.8. The van der Waals surface area contributed by atoms with Gasteiger partial charge in [-0.1, -0.05) is 6.07 Å². The fourth-order valence-electron chi connectivity index (χ4n) is 3.83. The van der Waals surface area contributed by atoms with Gasteiger partial charge in [0, 0.05) is 44.0 Å². The van der Waals surface area contributed by atoms with E-state index in [1.165, 1.54) is 19.2 Å². The number of hydrogen-bond donors (Lipinski definition) is 2. The summed E-state index contributed by atoms with van der Waals surface area (Å²) in [5.74, 6) is 0.382. The largest absolute Gasteiger partial charge is 0.497 e. The van der Waals surface area contributed by atoms with Gasteiger partial charge in [0.05, 0.1) is 18.6 Å². The van der Waals surface area contributed by atoms with Gasteiger partial charge in [-0.25, -0.2) is 8.42 Å². The molecule has 0 aliphatic carbocycles. The van der Waals surface area contributed by atoms with Gasteiger partial charge < -0.3 is 15.0 Å². The molecule has 2 N–H and O–H groups in total. The van der Waals surface area contributed by atoms with Gasteiger partial charge in [0.15, 0.2) is 0 Å². The second-order valence-corrected chi connectivity index (χ2v) is 9.87. The molecular formula is C24H32N4O5S. The predicted molar refractivity (Wildman–Crippen MR) is 131 cm³/mol. The Morgan fingerprint density at radius 3 is 2.44 bits per heavy atom. The minimum atomic E-state index is -3.89. The maximum atomic E-state index is 13.3. The van der Waals surface area contributed by atoms with Crippen molar-refractivity contribution in [1.82, 2.24) is 15.1 Å². The van der Waals surface area contributed by atoms with E-state index in [-0.39, 0.29) is 16.7 Å². The quantitative estimate of drug-likeness (QED) is 0.589. The fourth-order valence-corrected chi connectivity index (χ4v) is 4.91. The van der Waals surface area contributed by atoms with E-state index in [0.717, 1.165) is 13.0 Å². The van der Waals surface area contributed by atoms with Crippen LogP contribution < -0.4 is 14.8 Å². The summed E-state index contributed by atoms with van der Waals surface area (Å²) in [7, 11) is -2.35. The lowest BCUT2D eigenvalue weighted by molar-refractivity contribution is -0.122. The van der Waals surface area contributed by atoms with Crippen LogP contribution >= 0.6 is 0 Å². The van der Waals surface area contributed by atoms with Gasteiger partial charge in [-0.15, -0.1) is 0 Å². The summed E-state index contributed by atoms with van der Waals surface area (Å²) in [5.41, 5.74) is 1.46. The molecule has 0 unspecified atom stereocenters. The van der Waals surface area contributed by atoms with Crippen LogP contribution in [0.15, 0.2) is 47.4 Å². The number of rotatable bonds is 8. The Hall–Kier alpha value is -3.11. The molecule has 1 saturated heterocycles. The molecule has 0 radical (unpaired) electrons. The fraction of sp³-hybridized carbons (Fsp3) is 0.417. The van der Waals surface area contributed by atoms with Crippen LogP contribution in [0.4, 0.5) is 5.69 Å². The van der Waals surface area contributed by atoms with Gasteiger partial charge in [0.25, 0.3) is 15.9 Å². The van der Waals surface area contributed by atoms with Crippen LogP contribution in [-0.2, 0) is 14.8 Å². The monoisotopic (exact) mass is 488 g/mol. The number of nitrogens with one attached hydrogen (secondary N) is 2. The molecule has 184 valence electrons. The van der Waals surface area contributed by atoms with Crippen LogP contribution in [-0.4, -0.2) is 76.4 Å². The molecule has 1 heterocycles. The first kappa shape index (κ1) is 25.5. The summed E-state index contributed by atoms with van der Waals surface area (Å²) in [6.45, 7) is 6.88. The molecule has 1 aliphatic heterocycles. The van der Waals surface area contributed by atoms with E-state index in [4.69, 9.17) is 4.74 Å². The Morgan fingerprint density at radius 2 is 1.76 bits per heavy atom. The Balaban J connectivity index is 1.73. The van der Waals surface area contributed by atoms with Gasteiger partial charge in [-0.05, 0) is 62.2 Å². The molecule has 2 aromatic rings. The summed E-state index contributed by atoms with van der Waals surface area (Å²) in [5, 5.41) is 2.79. The third kappa shape index (κ3) is 6.48. The van der Waals surface area contributed by atoms with E-state index < -0.39 is 10.0 Å². The first-order chi connectivity index (χ1) is 16.2. The number of carbonyl (C=O) groups excluding carboxylic acids is 2. The first-order valence-electron chi connectivity index (χ1n) is 11.3. The van der Waals surface area contributed by atoms with Gasteiger partial charge in [-0.2, -0.15) is 0 Å². The van der Waals surface area contributed by atoms with E-state index in [9.17, 15) is 18.0 Å². The minimum Gasteiger partial charge on any atom is -0.497 e. The maximum Gasteiger partial charge on any atom is 0.261 e. The highest BCUT2D eigenvalue weighted by Crippen LogP contribution is 2.22. The second kappa shape index (κ2) is 11.3. The molecule has 10 heteroatoms. The Morgan fingerprint density at radius 1 is 1.03 bits per heavy atom. The number of methoxy groups -OCH3 is 1. The maximum absolute atomic E-state index is 13.3. The molecule has 1 aliphatic rings. The van der Waals surface area contributed by atoms with Crippen LogP contribution in [0.25, 0.3) is 0 Å². The second-order valence-electron chi connectivity index (χ2n) is 8.19. The molecule has 9 nitrogen and oxygen atoms in total. The van der Waals surface area contributed by atoms with Crippen molar-refractivity contribution < 1.29 is 22.7 Å². The number of likely N-dealkylation sites (N-methyl/N-ethyl adjacent to an activating group) is 1. The third-order valence-electron chi connectivity index (χ3n) is 5.71. The number of amides is 2. The normalized spacial score (nSPS) is 14.9. The molecule has 0 saturated carbocycles. The smallest absolute Gasteiger partial charge is 0.261 e. The van der Waals surface area contributed by atoms with Gasteiger partial charge in [-0.3, -0.25) is 19.2 Å². The molecule has 0 bridgehead atoms. The summed E-state index contributed by atoms with van der Waals surface area (Å²) in [4.78, 5) is 29.0. The predicted octanol–water partition coefficient (Wildman–Crippen LogP) is 2.09.